The van der Waals surface area contributed by atoms with Crippen LogP contribution < -0.4 is 0 Å². The molecule has 0 saturated heterocycles. The molecule has 2 fully saturated rings. The molecule has 2 atom stereocenters. The average molecular weight is 168 g/mol. The Hall–Kier alpha value is -0.0400. The fourth-order valence-electron chi connectivity index (χ4n) is 3.42. The fourth-order valence-corrected chi connectivity index (χ4v) is 3.42. The van der Waals surface area contributed by atoms with Gasteiger partial charge in [-0.15, -0.1) is 0 Å². The normalized spacial score (nSPS) is 47.2. The molecule has 12 heavy (non-hydrogen) atoms. The van der Waals surface area contributed by atoms with E-state index in [1.165, 1.54) is 12.8 Å². The molecule has 0 spiro atoms. The maximum absolute atomic E-state index is 9.27. The lowest BCUT2D eigenvalue weighted by molar-refractivity contribution is 0.216. The van der Waals surface area contributed by atoms with Crippen molar-refractivity contribution in [1.82, 2.24) is 0 Å². The van der Waals surface area contributed by atoms with Crippen molar-refractivity contribution >= 4 is 0 Å². The first-order valence-electron chi connectivity index (χ1n) is 5.01. The second-order valence-electron chi connectivity index (χ2n) is 5.72. The molecule has 1 heteroatoms. The van der Waals surface area contributed by atoms with Crippen molar-refractivity contribution in [2.45, 2.75) is 40.5 Å². The van der Waals surface area contributed by atoms with Gasteiger partial charge in [-0.25, -0.2) is 0 Å². The van der Waals surface area contributed by atoms with Crippen molar-refractivity contribution in [2.75, 3.05) is 6.61 Å². The van der Waals surface area contributed by atoms with E-state index in [4.69, 9.17) is 0 Å². The number of aliphatic hydroxyl groups excluding tert-OH is 1. The highest BCUT2D eigenvalue weighted by molar-refractivity contribution is 5.24. The van der Waals surface area contributed by atoms with Crippen LogP contribution in [0.5, 0.6) is 0 Å². The number of rotatable bonds is 2. The van der Waals surface area contributed by atoms with Crippen molar-refractivity contribution < 1.29 is 5.11 Å². The molecule has 0 heterocycles. The molecule has 0 radical (unpaired) electrons. The molecule has 2 saturated carbocycles. The van der Waals surface area contributed by atoms with Gasteiger partial charge in [-0.05, 0) is 35.0 Å². The van der Waals surface area contributed by atoms with E-state index in [9.17, 15) is 5.11 Å². The SMILES string of the molecule is CC1(C2(C)C(CO)C2(C)C)CC1. The Labute approximate surface area is 75.2 Å². The molecule has 0 amide bonds. The third kappa shape index (κ3) is 0.654. The Morgan fingerprint density at radius 3 is 1.92 bits per heavy atom. The van der Waals surface area contributed by atoms with Gasteiger partial charge in [0.25, 0.3) is 0 Å². The van der Waals surface area contributed by atoms with Crippen molar-refractivity contribution in [1.29, 1.82) is 0 Å². The van der Waals surface area contributed by atoms with Crippen LogP contribution in [0.4, 0.5) is 0 Å². The number of hydrogen-bond acceptors (Lipinski definition) is 1. The van der Waals surface area contributed by atoms with Crippen molar-refractivity contribution in [2.24, 2.45) is 22.2 Å². The van der Waals surface area contributed by atoms with E-state index in [1.807, 2.05) is 0 Å². The van der Waals surface area contributed by atoms with Crippen LogP contribution in [0.3, 0.4) is 0 Å². The zero-order chi connectivity index (χ0) is 9.20. The lowest BCUT2D eigenvalue weighted by atomic mass is 9.82. The molecule has 1 N–H and O–H groups in total. The highest BCUT2D eigenvalue weighted by Gasteiger charge is 2.76. The van der Waals surface area contributed by atoms with Crippen LogP contribution in [0.1, 0.15) is 40.5 Å². The zero-order valence-electron chi connectivity index (χ0n) is 8.65. The summed E-state index contributed by atoms with van der Waals surface area (Å²) >= 11 is 0. The van der Waals surface area contributed by atoms with E-state index >= 15 is 0 Å². The van der Waals surface area contributed by atoms with Crippen LogP contribution in [0.25, 0.3) is 0 Å². The minimum atomic E-state index is 0.368. The summed E-state index contributed by atoms with van der Waals surface area (Å²) in [5, 5.41) is 9.27. The lowest BCUT2D eigenvalue weighted by Gasteiger charge is -2.22. The van der Waals surface area contributed by atoms with Crippen LogP contribution in [0.2, 0.25) is 0 Å². The van der Waals surface area contributed by atoms with Gasteiger partial charge in [0.2, 0.25) is 0 Å². The van der Waals surface area contributed by atoms with Gasteiger partial charge in [0, 0.05) is 6.61 Å². The third-order valence-electron chi connectivity index (χ3n) is 5.26. The fraction of sp³-hybridized carbons (Fsp3) is 1.00. The maximum atomic E-state index is 9.27. The standard InChI is InChI=1S/C11H20O/c1-9(2)8(7-12)11(9,4)10(3)5-6-10/h8,12H,5-7H2,1-4H3. The van der Waals surface area contributed by atoms with E-state index in [-0.39, 0.29) is 0 Å². The molecule has 0 aromatic rings. The Bertz CT molecular complexity index is 215. The smallest absolute Gasteiger partial charge is 0.0470 e. The molecule has 0 aliphatic heterocycles. The average Bonchev–Trinajstić information content (AvgIpc) is 2.78. The summed E-state index contributed by atoms with van der Waals surface area (Å²) in [7, 11) is 0. The minimum absolute atomic E-state index is 0.368. The zero-order valence-corrected chi connectivity index (χ0v) is 8.65. The summed E-state index contributed by atoms with van der Waals surface area (Å²) in [6.07, 6.45) is 2.73. The van der Waals surface area contributed by atoms with Crippen molar-refractivity contribution in [3.63, 3.8) is 0 Å². The lowest BCUT2D eigenvalue weighted by Crippen LogP contribution is -2.16. The summed E-state index contributed by atoms with van der Waals surface area (Å²) in [5.74, 6) is 0.539. The van der Waals surface area contributed by atoms with Gasteiger partial charge in [-0.1, -0.05) is 27.7 Å². The summed E-state index contributed by atoms with van der Waals surface area (Å²) in [4.78, 5) is 0. The Morgan fingerprint density at radius 2 is 1.67 bits per heavy atom. The largest absolute Gasteiger partial charge is 0.396 e. The maximum Gasteiger partial charge on any atom is 0.0470 e. The van der Waals surface area contributed by atoms with Crippen molar-refractivity contribution in [3.05, 3.63) is 0 Å². The second-order valence-corrected chi connectivity index (χ2v) is 5.72. The van der Waals surface area contributed by atoms with Gasteiger partial charge >= 0.3 is 0 Å². The summed E-state index contributed by atoms with van der Waals surface area (Å²) in [6.45, 7) is 9.72. The highest BCUT2D eigenvalue weighted by atomic mass is 16.3. The molecule has 0 aromatic heterocycles. The van der Waals surface area contributed by atoms with E-state index in [0.717, 1.165) is 0 Å². The Morgan fingerprint density at radius 1 is 1.17 bits per heavy atom. The molecule has 2 unspecified atom stereocenters. The van der Waals surface area contributed by atoms with E-state index in [2.05, 4.69) is 27.7 Å². The first-order valence-corrected chi connectivity index (χ1v) is 5.01. The van der Waals surface area contributed by atoms with Gasteiger partial charge in [0.15, 0.2) is 0 Å². The number of hydrogen-bond donors (Lipinski definition) is 1. The van der Waals surface area contributed by atoms with Crippen LogP contribution in [-0.2, 0) is 0 Å². The third-order valence-corrected chi connectivity index (χ3v) is 5.26. The van der Waals surface area contributed by atoms with Gasteiger partial charge in [0.05, 0.1) is 0 Å². The summed E-state index contributed by atoms with van der Waals surface area (Å²) in [6, 6.07) is 0. The molecular weight excluding hydrogens is 148 g/mol. The summed E-state index contributed by atoms with van der Waals surface area (Å²) in [5.41, 5.74) is 1.33. The Balaban J connectivity index is 2.25. The minimum Gasteiger partial charge on any atom is -0.396 e. The molecule has 0 bridgehead atoms. The van der Waals surface area contributed by atoms with E-state index in [1.54, 1.807) is 0 Å². The molecule has 2 aliphatic carbocycles. The second kappa shape index (κ2) is 1.89. The topological polar surface area (TPSA) is 20.2 Å². The van der Waals surface area contributed by atoms with Crippen molar-refractivity contribution in [3.8, 4) is 0 Å². The first kappa shape index (κ1) is 8.55. The van der Waals surface area contributed by atoms with Crippen LogP contribution in [0.15, 0.2) is 0 Å². The van der Waals surface area contributed by atoms with E-state index < -0.39 is 0 Å². The monoisotopic (exact) mass is 168 g/mol. The molecule has 0 aromatic carbocycles. The number of aliphatic hydroxyl groups is 1. The van der Waals surface area contributed by atoms with Crippen LogP contribution in [0, 0.1) is 22.2 Å². The quantitative estimate of drug-likeness (QED) is 0.671. The molecular formula is C11H20O. The van der Waals surface area contributed by atoms with Gasteiger partial charge in [-0.2, -0.15) is 0 Å². The van der Waals surface area contributed by atoms with Gasteiger partial charge in [-0.3, -0.25) is 0 Å². The van der Waals surface area contributed by atoms with Crippen LogP contribution >= 0.6 is 0 Å². The molecule has 2 rings (SSSR count). The van der Waals surface area contributed by atoms with E-state index in [0.29, 0.717) is 28.8 Å². The van der Waals surface area contributed by atoms with Crippen LogP contribution in [-0.4, -0.2) is 11.7 Å². The molecule has 2 aliphatic rings. The first-order chi connectivity index (χ1) is 5.40. The Kier molecular flexibility index (Phi) is 1.35. The molecule has 1 nitrogen and oxygen atoms in total. The summed E-state index contributed by atoms with van der Waals surface area (Å²) < 4.78 is 0. The van der Waals surface area contributed by atoms with Gasteiger partial charge < -0.3 is 5.11 Å². The predicted molar refractivity (Wildman–Crippen MR) is 49.8 cm³/mol. The molecule has 70 valence electrons. The predicted octanol–water partition coefficient (Wildman–Crippen LogP) is 2.44. The highest BCUT2D eigenvalue weighted by Crippen LogP contribution is 2.81. The van der Waals surface area contributed by atoms with Gasteiger partial charge in [0.1, 0.15) is 0 Å².